The van der Waals surface area contributed by atoms with Gasteiger partial charge >= 0.3 is 0 Å². The second kappa shape index (κ2) is 9.07. The number of nitrogens with one attached hydrogen (secondary N) is 1. The predicted octanol–water partition coefficient (Wildman–Crippen LogP) is 6.79. The first-order chi connectivity index (χ1) is 15.4. The molecule has 0 saturated carbocycles. The number of anilines is 1. The minimum Gasteiger partial charge on any atom is -0.495 e. The maximum Gasteiger partial charge on any atom is 0.256 e. The summed E-state index contributed by atoms with van der Waals surface area (Å²) >= 11 is 12.3. The molecule has 4 rings (SSSR count). The Morgan fingerprint density at radius 2 is 1.62 bits per heavy atom. The van der Waals surface area contributed by atoms with Crippen molar-refractivity contribution in [3.05, 3.63) is 81.8 Å². The number of rotatable bonds is 5. The molecule has 0 radical (unpaired) electrons. The van der Waals surface area contributed by atoms with Crippen LogP contribution in [0.25, 0.3) is 22.2 Å². The molecule has 0 bridgehead atoms. The van der Waals surface area contributed by atoms with Gasteiger partial charge in [0.2, 0.25) is 0 Å². The van der Waals surface area contributed by atoms with Crippen LogP contribution in [-0.4, -0.2) is 25.1 Å². The van der Waals surface area contributed by atoms with Gasteiger partial charge in [-0.05, 0) is 30.7 Å². The van der Waals surface area contributed by atoms with Gasteiger partial charge in [-0.25, -0.2) is 4.98 Å². The normalized spacial score (nSPS) is 10.8. The number of benzene rings is 3. The van der Waals surface area contributed by atoms with Gasteiger partial charge < -0.3 is 14.8 Å². The number of hydrogen-bond donors (Lipinski definition) is 1. The van der Waals surface area contributed by atoms with E-state index >= 15 is 0 Å². The van der Waals surface area contributed by atoms with Crippen LogP contribution in [0.5, 0.6) is 11.5 Å². The number of methoxy groups -OCH3 is 2. The first-order valence-electron chi connectivity index (χ1n) is 9.81. The lowest BCUT2D eigenvalue weighted by atomic mass is 9.97. The summed E-state index contributed by atoms with van der Waals surface area (Å²) in [5.74, 6) is 0.568. The Morgan fingerprint density at radius 3 is 2.31 bits per heavy atom. The maximum atomic E-state index is 13.5. The van der Waals surface area contributed by atoms with Crippen LogP contribution in [0.3, 0.4) is 0 Å². The van der Waals surface area contributed by atoms with E-state index in [9.17, 15) is 4.79 Å². The second-order valence-corrected chi connectivity index (χ2v) is 7.97. The van der Waals surface area contributed by atoms with Gasteiger partial charge in [-0.3, -0.25) is 4.79 Å². The maximum absolute atomic E-state index is 13.5. The van der Waals surface area contributed by atoms with Crippen molar-refractivity contribution < 1.29 is 14.3 Å². The van der Waals surface area contributed by atoms with Gasteiger partial charge in [0.25, 0.3) is 5.91 Å². The Bertz CT molecular complexity index is 1320. The number of para-hydroxylation sites is 1. The molecule has 1 amide bonds. The third-order valence-corrected chi connectivity index (χ3v) is 5.75. The van der Waals surface area contributed by atoms with Crippen LogP contribution in [-0.2, 0) is 0 Å². The summed E-state index contributed by atoms with van der Waals surface area (Å²) in [6.45, 7) is 1.89. The summed E-state index contributed by atoms with van der Waals surface area (Å²) in [4.78, 5) is 18.4. The lowest BCUT2D eigenvalue weighted by Crippen LogP contribution is -2.16. The second-order valence-electron chi connectivity index (χ2n) is 7.13. The number of carbonyl (C=O) groups excluding carboxylic acids is 1. The summed E-state index contributed by atoms with van der Waals surface area (Å²) in [6.07, 6.45) is 0. The van der Waals surface area contributed by atoms with Crippen molar-refractivity contribution in [2.45, 2.75) is 6.92 Å². The molecule has 7 heteroatoms. The summed E-state index contributed by atoms with van der Waals surface area (Å²) in [6, 6.07) is 18.2. The third-order valence-electron chi connectivity index (χ3n) is 5.20. The molecule has 4 aromatic rings. The molecule has 0 atom stereocenters. The fraction of sp³-hybridized carbons (Fsp3) is 0.120. The van der Waals surface area contributed by atoms with Crippen molar-refractivity contribution in [3.8, 4) is 22.8 Å². The average molecular weight is 467 g/mol. The highest BCUT2D eigenvalue weighted by molar-refractivity contribution is 6.32. The van der Waals surface area contributed by atoms with Gasteiger partial charge in [-0.15, -0.1) is 0 Å². The molecule has 0 aliphatic heterocycles. The zero-order valence-corrected chi connectivity index (χ0v) is 19.2. The molecule has 5 nitrogen and oxygen atoms in total. The van der Waals surface area contributed by atoms with Crippen molar-refractivity contribution in [1.82, 2.24) is 4.98 Å². The lowest BCUT2D eigenvalue weighted by Gasteiger charge is -2.17. The average Bonchev–Trinajstić information content (AvgIpc) is 2.80. The largest absolute Gasteiger partial charge is 0.495 e. The number of amides is 1. The van der Waals surface area contributed by atoms with Crippen molar-refractivity contribution in [3.63, 3.8) is 0 Å². The van der Waals surface area contributed by atoms with Crippen LogP contribution in [0.1, 0.15) is 15.9 Å². The van der Waals surface area contributed by atoms with Gasteiger partial charge in [0, 0.05) is 28.1 Å². The van der Waals surface area contributed by atoms with Crippen molar-refractivity contribution in [1.29, 1.82) is 0 Å². The summed E-state index contributed by atoms with van der Waals surface area (Å²) in [5.41, 5.74) is 4.03. The highest BCUT2D eigenvalue weighted by Gasteiger charge is 2.21. The molecular formula is C25H20Cl2N2O3. The number of hydrogen-bond acceptors (Lipinski definition) is 4. The van der Waals surface area contributed by atoms with Crippen molar-refractivity contribution in [2.75, 3.05) is 19.5 Å². The fourth-order valence-electron chi connectivity index (χ4n) is 3.63. The Morgan fingerprint density at radius 1 is 0.938 bits per heavy atom. The van der Waals surface area contributed by atoms with Crippen molar-refractivity contribution >= 4 is 45.7 Å². The Hall–Kier alpha value is -3.28. The first kappa shape index (κ1) is 21.9. The summed E-state index contributed by atoms with van der Waals surface area (Å²) in [7, 11) is 3.03. The van der Waals surface area contributed by atoms with E-state index in [-0.39, 0.29) is 5.91 Å². The summed E-state index contributed by atoms with van der Waals surface area (Å²) in [5, 5.41) is 4.72. The van der Waals surface area contributed by atoms with Crippen LogP contribution in [0, 0.1) is 6.92 Å². The number of fused-ring (bicyclic) bond motifs is 1. The number of carbonyl (C=O) groups is 1. The minimum atomic E-state index is -0.293. The van der Waals surface area contributed by atoms with Crippen LogP contribution in [0.4, 0.5) is 5.69 Å². The Balaban J connectivity index is 1.86. The molecule has 3 aromatic carbocycles. The Labute approximate surface area is 195 Å². The number of ether oxygens (including phenoxy) is 2. The monoisotopic (exact) mass is 466 g/mol. The highest BCUT2D eigenvalue weighted by atomic mass is 35.5. The van der Waals surface area contributed by atoms with Crippen LogP contribution < -0.4 is 14.8 Å². The van der Waals surface area contributed by atoms with Gasteiger partial charge in [0.15, 0.2) is 0 Å². The number of nitrogens with zero attached hydrogens (tertiary/aromatic N) is 1. The van der Waals surface area contributed by atoms with E-state index in [0.29, 0.717) is 44.0 Å². The minimum absolute atomic E-state index is 0.293. The van der Waals surface area contributed by atoms with Gasteiger partial charge in [-0.2, -0.15) is 0 Å². The first-order valence-corrected chi connectivity index (χ1v) is 10.6. The molecule has 0 spiro atoms. The molecule has 0 unspecified atom stereocenters. The SMILES string of the molecule is COc1cc(NC(=O)c2c(C)c(-c3ccc(Cl)cc3)nc3ccccc23)c(OC)cc1Cl. The van der Waals surface area contributed by atoms with E-state index in [1.807, 2.05) is 43.3 Å². The third kappa shape index (κ3) is 4.09. The number of aromatic nitrogens is 1. The van der Waals surface area contributed by atoms with E-state index in [2.05, 4.69) is 5.32 Å². The lowest BCUT2D eigenvalue weighted by molar-refractivity contribution is 0.102. The van der Waals surface area contributed by atoms with E-state index in [0.717, 1.165) is 16.5 Å². The van der Waals surface area contributed by atoms with E-state index in [1.165, 1.54) is 14.2 Å². The molecule has 0 aliphatic carbocycles. The fourth-order valence-corrected chi connectivity index (χ4v) is 3.99. The van der Waals surface area contributed by atoms with Gasteiger partial charge in [-0.1, -0.05) is 53.5 Å². The van der Waals surface area contributed by atoms with Crippen LogP contribution in [0.15, 0.2) is 60.7 Å². The molecule has 0 fully saturated rings. The zero-order chi connectivity index (χ0) is 22.8. The van der Waals surface area contributed by atoms with Crippen molar-refractivity contribution in [2.24, 2.45) is 0 Å². The smallest absolute Gasteiger partial charge is 0.256 e. The van der Waals surface area contributed by atoms with Gasteiger partial charge in [0.1, 0.15) is 11.5 Å². The number of pyridine rings is 1. The molecular weight excluding hydrogens is 447 g/mol. The van der Waals surface area contributed by atoms with E-state index < -0.39 is 0 Å². The highest BCUT2D eigenvalue weighted by Crippen LogP contribution is 2.37. The van der Waals surface area contributed by atoms with Crippen LogP contribution in [0.2, 0.25) is 10.0 Å². The van der Waals surface area contributed by atoms with E-state index in [1.54, 1.807) is 24.3 Å². The molecule has 1 aromatic heterocycles. The Kier molecular flexibility index (Phi) is 6.21. The number of halogens is 2. The topological polar surface area (TPSA) is 60.5 Å². The molecule has 162 valence electrons. The zero-order valence-electron chi connectivity index (χ0n) is 17.7. The van der Waals surface area contributed by atoms with Crippen LogP contribution >= 0.6 is 23.2 Å². The summed E-state index contributed by atoms with van der Waals surface area (Å²) < 4.78 is 10.7. The predicted molar refractivity (Wildman–Crippen MR) is 129 cm³/mol. The van der Waals surface area contributed by atoms with Gasteiger partial charge in [0.05, 0.1) is 41.7 Å². The standard InChI is InChI=1S/C25H20Cl2N2O3/c1-14-23(25(30)29-20-13-21(31-2)18(27)12-22(20)32-3)17-6-4-5-7-19(17)28-24(14)15-8-10-16(26)11-9-15/h4-13H,1-3H3,(H,29,30). The molecule has 1 heterocycles. The van der Waals surface area contributed by atoms with E-state index in [4.69, 9.17) is 37.7 Å². The molecule has 32 heavy (non-hydrogen) atoms. The quantitative estimate of drug-likeness (QED) is 0.351. The molecule has 0 saturated heterocycles. The molecule has 0 aliphatic rings. The molecule has 1 N–H and O–H groups in total.